The van der Waals surface area contributed by atoms with Crippen molar-refractivity contribution in [3.63, 3.8) is 0 Å². The maximum atomic E-state index is 9.62. The summed E-state index contributed by atoms with van der Waals surface area (Å²) in [5.41, 5.74) is 11.7. The van der Waals surface area contributed by atoms with Gasteiger partial charge in [0, 0.05) is 35.0 Å². The van der Waals surface area contributed by atoms with E-state index in [1.807, 2.05) is 22.7 Å². The molecule has 49 heavy (non-hydrogen) atoms. The quantitative estimate of drug-likeness (QED) is 0.198. The van der Waals surface area contributed by atoms with Crippen LogP contribution in [0.1, 0.15) is 133 Å². The van der Waals surface area contributed by atoms with E-state index in [0.29, 0.717) is 0 Å². The minimum atomic E-state index is 0.0615. The summed E-state index contributed by atoms with van der Waals surface area (Å²) in [6, 6.07) is 11.4. The summed E-state index contributed by atoms with van der Waals surface area (Å²) in [7, 11) is 0. The van der Waals surface area contributed by atoms with Gasteiger partial charge in [-0.1, -0.05) is 50.7 Å². The standard InChI is InChI=1S/C42H36N4S3/c1-46-31(24-45)26-11-9-13-28(19-26)33-21-34-39(48-33)37-40(49-34)36-35(42(37)16-6-3-7-17-42)38-30(41(36)14-4-2-5-15-41)20-32(47-38)27-12-8-10-25(18-27)29(22-43)23-44/h18-21H,2-17H2/b31-26-. The molecule has 242 valence electrons. The molecule has 6 aliphatic rings. The number of hydrogen-bond donors (Lipinski definition) is 0. The first kappa shape index (κ1) is 31.0. The largest absolute Gasteiger partial charge is 0.265 e. The van der Waals surface area contributed by atoms with Crippen molar-refractivity contribution in [3.8, 4) is 18.2 Å². The van der Waals surface area contributed by atoms with E-state index in [0.717, 1.165) is 49.7 Å². The van der Waals surface area contributed by atoms with Gasteiger partial charge in [0.1, 0.15) is 17.7 Å². The lowest BCUT2D eigenvalue weighted by atomic mass is 9.67. The SMILES string of the molecule is [C-]#[N+]/C(C#N)=C1\C=C(c2cc3sc4c(c3s2)C2(CCCCC2)C2=C4C3(CCCCC3)c3cc(C4=CC(=C(C#N)C#N)CCC4)sc32)CCC1. The van der Waals surface area contributed by atoms with Crippen LogP contribution in [-0.4, -0.2) is 0 Å². The lowest BCUT2D eigenvalue weighted by Gasteiger charge is -2.37. The average Bonchev–Trinajstić information content (AvgIpc) is 3.93. The first-order valence-corrected chi connectivity index (χ1v) is 20.4. The molecule has 3 aromatic rings. The molecule has 2 fully saturated rings. The van der Waals surface area contributed by atoms with Crippen LogP contribution < -0.4 is 0 Å². The number of hydrogen-bond acceptors (Lipinski definition) is 6. The first-order valence-electron chi connectivity index (χ1n) is 18.0. The average molecular weight is 693 g/mol. The van der Waals surface area contributed by atoms with Crippen LogP contribution in [0.25, 0.3) is 36.5 Å². The van der Waals surface area contributed by atoms with Crippen molar-refractivity contribution in [1.29, 1.82) is 15.8 Å². The number of rotatable bonds is 2. The predicted molar refractivity (Wildman–Crippen MR) is 202 cm³/mol. The molecule has 0 aliphatic heterocycles. The summed E-state index contributed by atoms with van der Waals surface area (Å²) < 4.78 is 2.91. The lowest BCUT2D eigenvalue weighted by Crippen LogP contribution is -2.28. The second kappa shape index (κ2) is 11.8. The molecular formula is C42H36N4S3. The van der Waals surface area contributed by atoms with Crippen LogP contribution in [0.4, 0.5) is 0 Å². The second-order valence-electron chi connectivity index (χ2n) is 14.8. The van der Waals surface area contributed by atoms with E-state index in [-0.39, 0.29) is 22.1 Å². The third-order valence-electron chi connectivity index (χ3n) is 12.3. The fourth-order valence-corrected chi connectivity index (χ4v) is 14.7. The van der Waals surface area contributed by atoms with Crippen molar-refractivity contribution >= 4 is 65.7 Å². The number of thiophene rings is 3. The maximum absolute atomic E-state index is 9.62. The summed E-state index contributed by atoms with van der Waals surface area (Å²) in [5.74, 6) is 0. The molecule has 9 rings (SSSR count). The molecule has 0 atom stereocenters. The van der Waals surface area contributed by atoms with Crippen molar-refractivity contribution in [2.75, 3.05) is 0 Å². The molecule has 4 nitrogen and oxygen atoms in total. The Hall–Kier alpha value is -3.98. The highest BCUT2D eigenvalue weighted by molar-refractivity contribution is 7.29. The van der Waals surface area contributed by atoms with Gasteiger partial charge in [0.25, 0.3) is 5.70 Å². The van der Waals surface area contributed by atoms with E-state index in [1.165, 1.54) is 94.5 Å². The molecule has 0 unspecified atom stereocenters. The van der Waals surface area contributed by atoms with E-state index in [9.17, 15) is 15.8 Å². The van der Waals surface area contributed by atoms with Gasteiger partial charge < -0.3 is 0 Å². The van der Waals surface area contributed by atoms with Gasteiger partial charge in [-0.05, 0) is 121 Å². The van der Waals surface area contributed by atoms with Crippen molar-refractivity contribution in [2.45, 2.75) is 114 Å². The summed E-state index contributed by atoms with van der Waals surface area (Å²) in [6.07, 6.45) is 22.5. The van der Waals surface area contributed by atoms with Crippen LogP contribution in [0.3, 0.4) is 0 Å². The van der Waals surface area contributed by atoms with Gasteiger partial charge in [0.05, 0.1) is 17.3 Å². The Morgan fingerprint density at radius 1 is 0.653 bits per heavy atom. The molecule has 2 saturated carbocycles. The van der Waals surface area contributed by atoms with Crippen molar-refractivity contribution in [3.05, 3.63) is 88.8 Å². The zero-order valence-electron chi connectivity index (χ0n) is 27.6. The summed E-state index contributed by atoms with van der Waals surface area (Å²) >= 11 is 6.04. The minimum absolute atomic E-state index is 0.0615. The number of nitrogens with zero attached hydrogens (tertiary/aromatic N) is 4. The molecule has 0 saturated heterocycles. The fourth-order valence-electron chi connectivity index (χ4n) is 10.2. The van der Waals surface area contributed by atoms with E-state index < -0.39 is 0 Å². The molecule has 6 aliphatic carbocycles. The molecule has 7 heteroatoms. The lowest BCUT2D eigenvalue weighted by molar-refractivity contribution is 0.373. The predicted octanol–water partition coefficient (Wildman–Crippen LogP) is 12.5. The van der Waals surface area contributed by atoms with Crippen LogP contribution in [0, 0.1) is 40.6 Å². The Kier molecular flexibility index (Phi) is 7.49. The fraction of sp³-hybridized carbons (Fsp3) is 0.429. The van der Waals surface area contributed by atoms with Gasteiger partial charge in [0.2, 0.25) is 0 Å². The smallest absolute Gasteiger partial charge is 0.226 e. The van der Waals surface area contributed by atoms with E-state index >= 15 is 0 Å². The van der Waals surface area contributed by atoms with Gasteiger partial charge in [0.15, 0.2) is 0 Å². The van der Waals surface area contributed by atoms with Crippen LogP contribution in [0.2, 0.25) is 0 Å². The summed E-state index contributed by atoms with van der Waals surface area (Å²) in [4.78, 5) is 9.33. The topological polar surface area (TPSA) is 75.7 Å². The number of nitriles is 3. The van der Waals surface area contributed by atoms with Crippen molar-refractivity contribution in [1.82, 2.24) is 0 Å². The highest BCUT2D eigenvalue weighted by Crippen LogP contribution is 2.73. The van der Waals surface area contributed by atoms with Gasteiger partial charge in [-0.15, -0.1) is 34.0 Å². The Morgan fingerprint density at radius 2 is 1.27 bits per heavy atom. The van der Waals surface area contributed by atoms with Crippen molar-refractivity contribution in [2.24, 2.45) is 0 Å². The van der Waals surface area contributed by atoms with Crippen molar-refractivity contribution < 1.29 is 0 Å². The summed E-state index contributed by atoms with van der Waals surface area (Å²) in [6.45, 7) is 7.51. The second-order valence-corrected chi connectivity index (χ2v) is 17.9. The van der Waals surface area contributed by atoms with E-state index in [4.69, 9.17) is 6.57 Å². The minimum Gasteiger partial charge on any atom is -0.226 e. The van der Waals surface area contributed by atoms with E-state index in [2.05, 4.69) is 58.7 Å². The van der Waals surface area contributed by atoms with Gasteiger partial charge in [-0.3, -0.25) is 0 Å². The normalized spacial score (nSPS) is 22.8. The molecule has 0 N–H and O–H groups in total. The van der Waals surface area contributed by atoms with Crippen LogP contribution in [-0.2, 0) is 10.8 Å². The number of allylic oxidation sites excluding steroid dienone is 10. The zero-order valence-corrected chi connectivity index (χ0v) is 30.1. The highest BCUT2D eigenvalue weighted by atomic mass is 32.1. The third kappa shape index (κ3) is 4.46. The Balaban J connectivity index is 1.22. The first-order chi connectivity index (χ1) is 24.0. The Morgan fingerprint density at radius 3 is 1.92 bits per heavy atom. The number of fused-ring (bicyclic) bond motifs is 10. The molecular weight excluding hydrogens is 657 g/mol. The van der Waals surface area contributed by atoms with Crippen LogP contribution in [0.5, 0.6) is 0 Å². The monoisotopic (exact) mass is 692 g/mol. The Labute approximate surface area is 300 Å². The van der Waals surface area contributed by atoms with Gasteiger partial charge in [-0.25, -0.2) is 10.1 Å². The van der Waals surface area contributed by atoms with Gasteiger partial charge in [-0.2, -0.15) is 10.5 Å². The molecule has 0 bridgehead atoms. The molecule has 0 amide bonds. The molecule has 0 radical (unpaired) electrons. The molecule has 3 heterocycles. The Bertz CT molecular complexity index is 2250. The third-order valence-corrected chi connectivity index (χ3v) is 16.1. The molecule has 3 aromatic heterocycles. The molecule has 0 aromatic carbocycles. The molecule has 2 spiro atoms. The van der Waals surface area contributed by atoms with Crippen LogP contribution in [0.15, 0.2) is 46.7 Å². The highest BCUT2D eigenvalue weighted by Gasteiger charge is 2.59. The van der Waals surface area contributed by atoms with Crippen LogP contribution >= 0.6 is 34.0 Å². The maximum Gasteiger partial charge on any atom is 0.265 e. The zero-order chi connectivity index (χ0) is 33.3. The van der Waals surface area contributed by atoms with E-state index in [1.54, 1.807) is 32.0 Å². The van der Waals surface area contributed by atoms with Gasteiger partial charge >= 0.3 is 0 Å². The summed E-state index contributed by atoms with van der Waals surface area (Å²) in [5, 5.41) is 28.8.